The van der Waals surface area contributed by atoms with Crippen LogP contribution < -0.4 is 0 Å². The molecule has 1 unspecified atom stereocenters. The summed E-state index contributed by atoms with van der Waals surface area (Å²) in [5.41, 5.74) is 2.68. The Balaban J connectivity index is 3.43. The van der Waals surface area contributed by atoms with Crippen molar-refractivity contribution in [3.63, 3.8) is 0 Å². The fourth-order valence-electron chi connectivity index (χ4n) is 2.55. The van der Waals surface area contributed by atoms with Crippen LogP contribution in [-0.4, -0.2) is 9.46 Å². The summed E-state index contributed by atoms with van der Waals surface area (Å²) in [5, 5.41) is 0. The van der Waals surface area contributed by atoms with Crippen LogP contribution in [0.1, 0.15) is 75.1 Å². The van der Waals surface area contributed by atoms with Crippen molar-refractivity contribution in [2.24, 2.45) is 0 Å². The SMILES string of the molecule is CCC(c1c(C(C)C)cccc1C(C)C)[SiH](F)F. The zero-order valence-electron chi connectivity index (χ0n) is 12.0. The molecule has 18 heavy (non-hydrogen) atoms. The molecule has 3 heteroatoms. The first kappa shape index (κ1) is 15.4. The monoisotopic (exact) mass is 270 g/mol. The Bertz CT molecular complexity index is 360. The van der Waals surface area contributed by atoms with Gasteiger partial charge in [-0.05, 0) is 34.9 Å². The zero-order valence-corrected chi connectivity index (χ0v) is 13.2. The van der Waals surface area contributed by atoms with E-state index in [1.165, 1.54) is 0 Å². The molecular weight excluding hydrogens is 246 g/mol. The number of hydrogen-bond acceptors (Lipinski definition) is 0. The van der Waals surface area contributed by atoms with E-state index in [4.69, 9.17) is 0 Å². The maximum atomic E-state index is 13.4. The van der Waals surface area contributed by atoms with Crippen molar-refractivity contribution in [1.29, 1.82) is 0 Å². The summed E-state index contributed by atoms with van der Waals surface area (Å²) in [5.74, 6) is 0.612. The Morgan fingerprint density at radius 2 is 1.44 bits per heavy atom. The van der Waals surface area contributed by atoms with Gasteiger partial charge in [0.05, 0.1) is 0 Å². The van der Waals surface area contributed by atoms with Gasteiger partial charge in [-0.15, -0.1) is 0 Å². The summed E-state index contributed by atoms with van der Waals surface area (Å²) in [6, 6.07) is 6.05. The Hall–Kier alpha value is -0.703. The second-order valence-corrected chi connectivity index (χ2v) is 6.98. The lowest BCUT2D eigenvalue weighted by Crippen LogP contribution is -2.18. The molecule has 0 radical (unpaired) electrons. The van der Waals surface area contributed by atoms with E-state index in [1.807, 2.05) is 25.1 Å². The summed E-state index contributed by atoms with van der Waals surface area (Å²) < 4.78 is 26.8. The maximum Gasteiger partial charge on any atom is 0.418 e. The summed E-state index contributed by atoms with van der Waals surface area (Å²) >= 11 is 0. The third-order valence-electron chi connectivity index (χ3n) is 3.53. The molecule has 0 amide bonds. The van der Waals surface area contributed by atoms with Crippen LogP contribution in [0.15, 0.2) is 18.2 Å². The summed E-state index contributed by atoms with van der Waals surface area (Å²) in [7, 11) is -3.65. The molecule has 1 aromatic carbocycles. The Morgan fingerprint density at radius 3 is 1.72 bits per heavy atom. The van der Waals surface area contributed by atoms with Crippen molar-refractivity contribution in [3.8, 4) is 0 Å². The first-order valence-corrected chi connectivity index (χ1v) is 8.34. The standard InChI is InChI=1S/C15H24F2Si/c1-6-14(18(16)17)15-12(10(2)3)8-7-9-13(15)11(4)5/h7-11,14,18H,6H2,1-5H3. The van der Waals surface area contributed by atoms with Gasteiger partial charge in [-0.25, -0.2) is 0 Å². The molecule has 0 spiro atoms. The highest BCUT2D eigenvalue weighted by Crippen LogP contribution is 2.36. The maximum absolute atomic E-state index is 13.4. The normalized spacial score (nSPS) is 13.7. The molecule has 0 saturated heterocycles. The lowest BCUT2D eigenvalue weighted by molar-refractivity contribution is 0.594. The third-order valence-corrected chi connectivity index (χ3v) is 4.95. The third kappa shape index (κ3) is 3.19. The molecule has 0 saturated carbocycles. The van der Waals surface area contributed by atoms with Crippen LogP contribution in [0, 0.1) is 0 Å². The highest BCUT2D eigenvalue weighted by atomic mass is 28.4. The number of rotatable bonds is 5. The van der Waals surface area contributed by atoms with Gasteiger partial charge in [0, 0.05) is 5.54 Å². The molecule has 0 heterocycles. The number of benzene rings is 1. The van der Waals surface area contributed by atoms with Gasteiger partial charge in [0.25, 0.3) is 0 Å². The minimum atomic E-state index is -3.65. The molecule has 0 nitrogen and oxygen atoms in total. The van der Waals surface area contributed by atoms with Crippen molar-refractivity contribution in [2.75, 3.05) is 0 Å². The largest absolute Gasteiger partial charge is 0.418 e. The average Bonchev–Trinajstić information content (AvgIpc) is 2.28. The highest BCUT2D eigenvalue weighted by Gasteiger charge is 2.29. The quantitative estimate of drug-likeness (QED) is 0.514. The molecular formula is C15H24F2Si. The molecule has 1 aromatic rings. The van der Waals surface area contributed by atoms with Crippen LogP contribution in [0.25, 0.3) is 0 Å². The van der Waals surface area contributed by atoms with E-state index in [-0.39, 0.29) is 0 Å². The first-order valence-electron chi connectivity index (χ1n) is 6.80. The number of hydrogen-bond donors (Lipinski definition) is 0. The van der Waals surface area contributed by atoms with Crippen LogP contribution in [0.2, 0.25) is 0 Å². The summed E-state index contributed by atoms with van der Waals surface area (Å²) in [6.07, 6.45) is 0.549. The second kappa shape index (κ2) is 6.46. The molecule has 0 N–H and O–H groups in total. The fraction of sp³-hybridized carbons (Fsp3) is 0.600. The van der Waals surface area contributed by atoms with Gasteiger partial charge < -0.3 is 0 Å². The van der Waals surface area contributed by atoms with E-state index >= 15 is 0 Å². The van der Waals surface area contributed by atoms with Crippen LogP contribution in [0.4, 0.5) is 8.22 Å². The highest BCUT2D eigenvalue weighted by molar-refractivity contribution is 6.45. The van der Waals surface area contributed by atoms with E-state index in [0.29, 0.717) is 18.3 Å². The summed E-state index contributed by atoms with van der Waals surface area (Å²) in [6.45, 7) is 10.2. The van der Waals surface area contributed by atoms with Crippen LogP contribution in [0.5, 0.6) is 0 Å². The minimum Gasteiger partial charge on any atom is -0.274 e. The van der Waals surface area contributed by atoms with Crippen molar-refractivity contribution >= 4 is 9.46 Å². The molecule has 0 aliphatic carbocycles. The van der Waals surface area contributed by atoms with Gasteiger partial charge in [0.2, 0.25) is 0 Å². The fourth-order valence-corrected chi connectivity index (χ4v) is 3.54. The predicted octanol–water partition coefficient (Wildman–Crippen LogP) is 5.13. The molecule has 0 fully saturated rings. The zero-order chi connectivity index (χ0) is 13.9. The van der Waals surface area contributed by atoms with E-state index < -0.39 is 15.0 Å². The van der Waals surface area contributed by atoms with Gasteiger partial charge >= 0.3 is 9.46 Å². The smallest absolute Gasteiger partial charge is 0.274 e. The van der Waals surface area contributed by atoms with E-state index in [1.54, 1.807) is 0 Å². The molecule has 0 aliphatic rings. The van der Waals surface area contributed by atoms with Crippen molar-refractivity contribution in [3.05, 3.63) is 34.9 Å². The topological polar surface area (TPSA) is 0 Å². The Morgan fingerprint density at radius 1 is 1.00 bits per heavy atom. The van der Waals surface area contributed by atoms with E-state index in [2.05, 4.69) is 27.7 Å². The van der Waals surface area contributed by atoms with Crippen LogP contribution in [-0.2, 0) is 0 Å². The summed E-state index contributed by atoms with van der Waals surface area (Å²) in [4.78, 5) is 0. The predicted molar refractivity (Wildman–Crippen MR) is 77.0 cm³/mol. The molecule has 0 bridgehead atoms. The van der Waals surface area contributed by atoms with Gasteiger partial charge in [-0.1, -0.05) is 52.8 Å². The lowest BCUT2D eigenvalue weighted by Gasteiger charge is -2.25. The van der Waals surface area contributed by atoms with Crippen LogP contribution >= 0.6 is 0 Å². The minimum absolute atomic E-state index is 0.306. The Kier molecular flexibility index (Phi) is 5.51. The van der Waals surface area contributed by atoms with Crippen LogP contribution in [0.3, 0.4) is 0 Å². The molecule has 0 aromatic heterocycles. The Labute approximate surface area is 111 Å². The van der Waals surface area contributed by atoms with E-state index in [9.17, 15) is 8.22 Å². The van der Waals surface area contributed by atoms with Gasteiger partial charge in [0.1, 0.15) is 0 Å². The van der Waals surface area contributed by atoms with Gasteiger partial charge in [-0.3, -0.25) is 8.22 Å². The molecule has 1 atom stereocenters. The second-order valence-electron chi connectivity index (χ2n) is 5.51. The number of halogens is 2. The molecule has 1 rings (SSSR count). The molecule has 102 valence electrons. The molecule has 0 aliphatic heterocycles. The van der Waals surface area contributed by atoms with Crippen molar-refractivity contribution in [1.82, 2.24) is 0 Å². The van der Waals surface area contributed by atoms with E-state index in [0.717, 1.165) is 16.7 Å². The van der Waals surface area contributed by atoms with Crippen molar-refractivity contribution in [2.45, 2.75) is 58.4 Å². The van der Waals surface area contributed by atoms with Crippen molar-refractivity contribution < 1.29 is 8.22 Å². The first-order chi connectivity index (χ1) is 8.40. The van der Waals surface area contributed by atoms with Gasteiger partial charge in [0.15, 0.2) is 0 Å². The lowest BCUT2D eigenvalue weighted by atomic mass is 9.86. The van der Waals surface area contributed by atoms with Gasteiger partial charge in [-0.2, -0.15) is 0 Å². The average molecular weight is 270 g/mol.